The van der Waals surface area contributed by atoms with E-state index in [2.05, 4.69) is 4.98 Å². The molecule has 0 aliphatic heterocycles. The summed E-state index contributed by atoms with van der Waals surface area (Å²) < 4.78 is 19.6. The first-order valence-electron chi connectivity index (χ1n) is 10.2. The minimum Gasteiger partial charge on any atom is -0.508 e. The second-order valence-corrected chi connectivity index (χ2v) is 9.53. The number of fused-ring (bicyclic) bond motifs is 1. The molecule has 0 saturated heterocycles. The number of thiazole rings is 1. The van der Waals surface area contributed by atoms with Gasteiger partial charge in [-0.25, -0.2) is 9.37 Å². The molecule has 0 bridgehead atoms. The minimum atomic E-state index is -0.464. The van der Waals surface area contributed by atoms with Crippen molar-refractivity contribution < 1.29 is 23.8 Å². The van der Waals surface area contributed by atoms with Gasteiger partial charge in [0.15, 0.2) is 0 Å². The number of ketones is 1. The fourth-order valence-electron chi connectivity index (χ4n) is 3.80. The average Bonchev–Trinajstić information content (AvgIpc) is 3.43. The summed E-state index contributed by atoms with van der Waals surface area (Å²) in [5.41, 5.74) is 3.30. The third kappa shape index (κ3) is 4.09. The molecule has 0 fully saturated rings. The fraction of sp³-hybridized carbons (Fsp3) is 0.0385. The van der Waals surface area contributed by atoms with Gasteiger partial charge in [-0.3, -0.25) is 9.59 Å². The average molecular weight is 490 g/mol. The molecule has 0 spiro atoms. The third-order valence-electron chi connectivity index (χ3n) is 5.26. The van der Waals surface area contributed by atoms with E-state index in [9.17, 15) is 19.1 Å². The molecular formula is C26H16FNO4S2. The predicted octanol–water partition coefficient (Wildman–Crippen LogP) is 6.61. The zero-order chi connectivity index (χ0) is 23.8. The van der Waals surface area contributed by atoms with Gasteiger partial charge in [-0.2, -0.15) is 0 Å². The summed E-state index contributed by atoms with van der Waals surface area (Å²) in [6.45, 7) is 2.08. The molecule has 5 aromatic rings. The van der Waals surface area contributed by atoms with Gasteiger partial charge in [0.2, 0.25) is 11.7 Å². The van der Waals surface area contributed by atoms with E-state index in [1.165, 1.54) is 34.8 Å². The smallest absolute Gasteiger partial charge is 0.299 e. The highest BCUT2D eigenvalue weighted by atomic mass is 32.1. The number of benzene rings is 3. The van der Waals surface area contributed by atoms with Crippen molar-refractivity contribution in [2.45, 2.75) is 6.92 Å². The van der Waals surface area contributed by atoms with Gasteiger partial charge in [0.1, 0.15) is 16.6 Å². The number of carbonyl (C=O) groups is 2. The molecular weight excluding hydrogens is 473 g/mol. The van der Waals surface area contributed by atoms with Crippen LogP contribution >= 0.6 is 22.7 Å². The molecule has 2 aromatic heterocycles. The summed E-state index contributed by atoms with van der Waals surface area (Å²) in [5, 5.41) is 13.1. The number of ether oxygens (including phenoxy) is 1. The second-order valence-electron chi connectivity index (χ2n) is 7.62. The maximum atomic E-state index is 14.0. The van der Waals surface area contributed by atoms with E-state index < -0.39 is 5.82 Å². The van der Waals surface area contributed by atoms with Gasteiger partial charge in [0, 0.05) is 26.8 Å². The number of rotatable bonds is 6. The van der Waals surface area contributed by atoms with Gasteiger partial charge in [0.25, 0.3) is 6.47 Å². The lowest BCUT2D eigenvalue weighted by molar-refractivity contribution is -0.120. The van der Waals surface area contributed by atoms with Crippen molar-refractivity contribution in [1.29, 1.82) is 0 Å². The number of phenols is 1. The Bertz CT molecular complexity index is 1530. The van der Waals surface area contributed by atoms with Crippen LogP contribution in [0.4, 0.5) is 4.39 Å². The summed E-state index contributed by atoms with van der Waals surface area (Å²) in [6.07, 6.45) is 0. The summed E-state index contributed by atoms with van der Waals surface area (Å²) >= 11 is 2.61. The number of hydrogen-bond donors (Lipinski definition) is 1. The van der Waals surface area contributed by atoms with Crippen molar-refractivity contribution in [2.75, 3.05) is 0 Å². The van der Waals surface area contributed by atoms with Gasteiger partial charge >= 0.3 is 0 Å². The number of hydrogen-bond acceptors (Lipinski definition) is 7. The van der Waals surface area contributed by atoms with Gasteiger partial charge in [-0.1, -0.05) is 24.3 Å². The number of aromatic nitrogens is 1. The lowest BCUT2D eigenvalue weighted by atomic mass is 9.97. The number of thiophene rings is 1. The Morgan fingerprint density at radius 2 is 1.82 bits per heavy atom. The number of aromatic hydroxyl groups is 1. The van der Waals surface area contributed by atoms with Crippen LogP contribution in [0.2, 0.25) is 0 Å². The van der Waals surface area contributed by atoms with Crippen molar-refractivity contribution in [1.82, 2.24) is 4.98 Å². The van der Waals surface area contributed by atoms with Crippen LogP contribution in [0.25, 0.3) is 31.8 Å². The first kappa shape index (κ1) is 21.9. The van der Waals surface area contributed by atoms with E-state index in [4.69, 9.17) is 4.74 Å². The molecule has 0 amide bonds. The molecule has 8 heteroatoms. The van der Waals surface area contributed by atoms with E-state index in [-0.39, 0.29) is 23.0 Å². The predicted molar refractivity (Wildman–Crippen MR) is 131 cm³/mol. The van der Waals surface area contributed by atoms with Crippen LogP contribution in [-0.4, -0.2) is 22.3 Å². The van der Waals surface area contributed by atoms with Crippen LogP contribution in [-0.2, 0) is 4.79 Å². The highest BCUT2D eigenvalue weighted by Gasteiger charge is 2.22. The SMILES string of the molecule is Cc1cc(F)cc(C(=O)c2sc3cc(O)ccc3c2-c2ccc(-c3nc(OC=O)cs3)cc2)c1. The largest absolute Gasteiger partial charge is 0.508 e. The van der Waals surface area contributed by atoms with Crippen LogP contribution < -0.4 is 4.74 Å². The maximum Gasteiger partial charge on any atom is 0.299 e. The minimum absolute atomic E-state index is 0.105. The van der Waals surface area contributed by atoms with Crippen LogP contribution in [0, 0.1) is 12.7 Å². The molecule has 5 nitrogen and oxygen atoms in total. The molecule has 168 valence electrons. The Hall–Kier alpha value is -3.88. The summed E-state index contributed by atoms with van der Waals surface area (Å²) in [5.74, 6) is -0.401. The van der Waals surface area contributed by atoms with Crippen molar-refractivity contribution in [2.24, 2.45) is 0 Å². The topological polar surface area (TPSA) is 76.5 Å². The molecule has 0 aliphatic rings. The Balaban J connectivity index is 1.62. The van der Waals surface area contributed by atoms with E-state index >= 15 is 0 Å². The van der Waals surface area contributed by atoms with Gasteiger partial charge in [-0.15, -0.1) is 22.7 Å². The monoisotopic (exact) mass is 489 g/mol. The van der Waals surface area contributed by atoms with Crippen LogP contribution in [0.3, 0.4) is 0 Å². The van der Waals surface area contributed by atoms with Crippen molar-refractivity contribution >= 4 is 45.0 Å². The molecule has 3 aromatic carbocycles. The molecule has 0 saturated carbocycles. The Labute approximate surface area is 201 Å². The zero-order valence-corrected chi connectivity index (χ0v) is 19.4. The normalized spacial score (nSPS) is 11.0. The van der Waals surface area contributed by atoms with Crippen LogP contribution in [0.1, 0.15) is 20.8 Å². The second kappa shape index (κ2) is 8.81. The summed E-state index contributed by atoms with van der Waals surface area (Å²) in [7, 11) is 0. The summed E-state index contributed by atoms with van der Waals surface area (Å²) in [6, 6.07) is 16.8. The van der Waals surface area contributed by atoms with Gasteiger partial charge in [0.05, 0.1) is 10.3 Å². The molecule has 0 unspecified atom stereocenters. The molecule has 5 rings (SSSR count). The van der Waals surface area contributed by atoms with Crippen molar-refractivity contribution in [3.05, 3.63) is 87.9 Å². The Morgan fingerprint density at radius 3 is 2.56 bits per heavy atom. The van der Waals surface area contributed by atoms with Crippen molar-refractivity contribution in [3.8, 4) is 33.3 Å². The van der Waals surface area contributed by atoms with Crippen LogP contribution in [0.15, 0.2) is 66.0 Å². The highest BCUT2D eigenvalue weighted by molar-refractivity contribution is 7.21. The number of nitrogens with zero attached hydrogens (tertiary/aromatic N) is 1. The lowest BCUT2D eigenvalue weighted by Gasteiger charge is -2.07. The lowest BCUT2D eigenvalue weighted by Crippen LogP contribution is -2.02. The van der Waals surface area contributed by atoms with Gasteiger partial charge in [-0.05, 0) is 54.4 Å². The number of aryl methyl sites for hydroxylation is 1. The highest BCUT2D eigenvalue weighted by Crippen LogP contribution is 2.42. The maximum absolute atomic E-state index is 14.0. The first-order valence-corrected chi connectivity index (χ1v) is 11.9. The van der Waals surface area contributed by atoms with Crippen LogP contribution in [0.5, 0.6) is 11.6 Å². The third-order valence-corrected chi connectivity index (χ3v) is 7.28. The molecule has 1 N–H and O–H groups in total. The number of halogens is 1. The Kier molecular flexibility index (Phi) is 5.69. The molecule has 0 aliphatic carbocycles. The quantitative estimate of drug-likeness (QED) is 0.215. The van der Waals surface area contributed by atoms with E-state index in [1.54, 1.807) is 36.6 Å². The molecule has 34 heavy (non-hydrogen) atoms. The van der Waals surface area contributed by atoms with E-state index in [0.29, 0.717) is 21.9 Å². The van der Waals surface area contributed by atoms with E-state index in [1.807, 2.05) is 24.3 Å². The van der Waals surface area contributed by atoms with Crippen molar-refractivity contribution in [3.63, 3.8) is 0 Å². The van der Waals surface area contributed by atoms with E-state index in [0.717, 1.165) is 26.8 Å². The van der Waals surface area contributed by atoms with Gasteiger partial charge < -0.3 is 9.84 Å². The number of carbonyl (C=O) groups excluding carboxylic acids is 2. The standard InChI is InChI=1S/C26H16FNO4S2/c1-14-8-17(10-18(27)9-14)24(31)25-23(20-7-6-19(30)11-21(20)34-25)15-2-4-16(5-3-15)26-28-22(12-33-26)32-13-29/h2-13,30H,1H3. The molecule has 2 heterocycles. The molecule has 0 radical (unpaired) electrons. The summed E-state index contributed by atoms with van der Waals surface area (Å²) in [4.78, 5) is 28.8. The fourth-order valence-corrected chi connectivity index (χ4v) is 5.76. The first-order chi connectivity index (χ1) is 16.4. The Morgan fingerprint density at radius 1 is 1.06 bits per heavy atom. The zero-order valence-electron chi connectivity index (χ0n) is 17.7. The molecule has 0 atom stereocenters. The number of phenolic OH excluding ortho intramolecular Hbond substituents is 1.